The lowest BCUT2D eigenvalue weighted by Crippen LogP contribution is -2.18. The minimum atomic E-state index is 0.137. The van der Waals surface area contributed by atoms with E-state index in [1.165, 1.54) is 11.3 Å². The van der Waals surface area contributed by atoms with Crippen LogP contribution in [-0.4, -0.2) is 0 Å². The van der Waals surface area contributed by atoms with Crippen molar-refractivity contribution in [3.05, 3.63) is 55.2 Å². The molecule has 0 aliphatic heterocycles. The largest absolute Gasteiger partial charge is 0.306 e. The monoisotopic (exact) mass is 319 g/mol. The normalized spacial score (nSPS) is 12.7. The van der Waals surface area contributed by atoms with Crippen LogP contribution in [-0.2, 0) is 6.54 Å². The van der Waals surface area contributed by atoms with Gasteiger partial charge in [-0.15, -0.1) is 11.3 Å². The second-order valence-corrected chi connectivity index (χ2v) is 6.67. The fraction of sp³-hybridized carbons (Fsp3) is 0.231. The van der Waals surface area contributed by atoms with Gasteiger partial charge < -0.3 is 5.32 Å². The first-order valence-corrected chi connectivity index (χ1v) is 7.44. The molecular weight excluding hydrogens is 309 g/mol. The third kappa shape index (κ3) is 3.40. The highest BCUT2D eigenvalue weighted by Crippen LogP contribution is 2.34. The molecule has 0 saturated carbocycles. The highest BCUT2D eigenvalue weighted by Gasteiger charge is 2.13. The Hall–Kier alpha value is -0.250. The summed E-state index contributed by atoms with van der Waals surface area (Å²) >= 11 is 19.5. The maximum Gasteiger partial charge on any atom is 0.0991 e. The van der Waals surface area contributed by atoms with Crippen LogP contribution in [0.15, 0.2) is 30.3 Å². The number of nitrogens with one attached hydrogen (secondary N) is 1. The van der Waals surface area contributed by atoms with Gasteiger partial charge in [-0.05, 0) is 30.2 Å². The molecule has 1 N–H and O–H groups in total. The van der Waals surface area contributed by atoms with Crippen LogP contribution in [0.4, 0.5) is 0 Å². The number of halogens is 3. The van der Waals surface area contributed by atoms with E-state index in [-0.39, 0.29) is 6.04 Å². The van der Waals surface area contributed by atoms with Crippen LogP contribution in [0.25, 0.3) is 0 Å². The molecule has 18 heavy (non-hydrogen) atoms. The molecule has 0 aliphatic rings. The van der Waals surface area contributed by atoms with Gasteiger partial charge in [0.1, 0.15) is 0 Å². The van der Waals surface area contributed by atoms with E-state index in [1.807, 2.05) is 30.3 Å². The average molecular weight is 321 g/mol. The van der Waals surface area contributed by atoms with Crippen molar-refractivity contribution in [1.29, 1.82) is 0 Å². The Morgan fingerprint density at radius 3 is 2.56 bits per heavy atom. The molecule has 2 aromatic rings. The van der Waals surface area contributed by atoms with E-state index in [2.05, 4.69) is 12.2 Å². The fourth-order valence-corrected chi connectivity index (χ4v) is 3.51. The Kier molecular flexibility index (Phi) is 4.93. The van der Waals surface area contributed by atoms with Crippen molar-refractivity contribution in [2.75, 3.05) is 0 Å². The topological polar surface area (TPSA) is 12.0 Å². The van der Waals surface area contributed by atoms with Gasteiger partial charge in [-0.3, -0.25) is 0 Å². The molecule has 1 atom stereocenters. The zero-order valence-electron chi connectivity index (χ0n) is 9.71. The Morgan fingerprint density at radius 2 is 1.94 bits per heavy atom. The van der Waals surface area contributed by atoms with Crippen molar-refractivity contribution in [3.63, 3.8) is 0 Å². The summed E-state index contributed by atoms with van der Waals surface area (Å²) < 4.78 is 1.44. The third-order valence-corrected chi connectivity index (χ3v) is 4.59. The van der Waals surface area contributed by atoms with Gasteiger partial charge in [0.25, 0.3) is 0 Å². The van der Waals surface area contributed by atoms with Gasteiger partial charge >= 0.3 is 0 Å². The molecule has 2 rings (SSSR count). The summed E-state index contributed by atoms with van der Waals surface area (Å²) in [5, 5.41) is 4.16. The van der Waals surface area contributed by atoms with Crippen LogP contribution in [0, 0.1) is 0 Å². The molecule has 1 heterocycles. The molecule has 1 unspecified atom stereocenters. The lowest BCUT2D eigenvalue weighted by molar-refractivity contribution is 0.576. The van der Waals surface area contributed by atoms with Crippen molar-refractivity contribution >= 4 is 46.1 Å². The van der Waals surface area contributed by atoms with E-state index in [4.69, 9.17) is 34.8 Å². The Bertz CT molecular complexity index is 539. The Morgan fingerprint density at radius 1 is 1.22 bits per heavy atom. The molecule has 1 nitrogen and oxygen atoms in total. The molecular formula is C13H12Cl3NS. The number of rotatable bonds is 4. The van der Waals surface area contributed by atoms with Crippen LogP contribution >= 0.6 is 46.1 Å². The minimum absolute atomic E-state index is 0.137. The van der Waals surface area contributed by atoms with Crippen molar-refractivity contribution in [1.82, 2.24) is 5.32 Å². The molecule has 0 bridgehead atoms. The maximum absolute atomic E-state index is 6.12. The van der Waals surface area contributed by atoms with Gasteiger partial charge in [-0.1, -0.05) is 53.0 Å². The molecule has 0 spiro atoms. The number of hydrogen-bond acceptors (Lipinski definition) is 2. The van der Waals surface area contributed by atoms with Gasteiger partial charge in [0, 0.05) is 17.6 Å². The van der Waals surface area contributed by atoms with Crippen LogP contribution in [0.1, 0.15) is 24.1 Å². The maximum atomic E-state index is 6.12. The van der Waals surface area contributed by atoms with Crippen molar-refractivity contribution in [2.24, 2.45) is 0 Å². The van der Waals surface area contributed by atoms with Crippen LogP contribution < -0.4 is 5.32 Å². The lowest BCUT2D eigenvalue weighted by Gasteiger charge is -2.13. The second kappa shape index (κ2) is 6.27. The molecule has 0 radical (unpaired) electrons. The Labute approximate surface area is 126 Å². The summed E-state index contributed by atoms with van der Waals surface area (Å²) in [4.78, 5) is 0. The summed E-state index contributed by atoms with van der Waals surface area (Å²) in [6.07, 6.45) is 0. The molecule has 5 heteroatoms. The number of thiophene rings is 1. The summed E-state index contributed by atoms with van der Waals surface area (Å²) in [5.41, 5.74) is 2.10. The van der Waals surface area contributed by atoms with Crippen molar-refractivity contribution < 1.29 is 0 Å². The smallest absolute Gasteiger partial charge is 0.0991 e. The van der Waals surface area contributed by atoms with Crippen LogP contribution in [0.2, 0.25) is 13.7 Å². The first-order valence-electron chi connectivity index (χ1n) is 5.49. The molecule has 0 amide bonds. The number of benzene rings is 1. The summed E-state index contributed by atoms with van der Waals surface area (Å²) in [7, 11) is 0. The van der Waals surface area contributed by atoms with Gasteiger partial charge in [0.2, 0.25) is 0 Å². The Balaban J connectivity index is 2.03. The van der Waals surface area contributed by atoms with Gasteiger partial charge in [0.15, 0.2) is 0 Å². The average Bonchev–Trinajstić information content (AvgIpc) is 2.67. The summed E-state index contributed by atoms with van der Waals surface area (Å²) in [5.74, 6) is 0. The molecule has 0 saturated heterocycles. The fourth-order valence-electron chi connectivity index (χ4n) is 1.66. The molecule has 1 aromatic heterocycles. The van der Waals surface area contributed by atoms with Crippen molar-refractivity contribution in [2.45, 2.75) is 19.5 Å². The molecule has 0 aliphatic carbocycles. The second-order valence-electron chi connectivity index (χ2n) is 3.97. The minimum Gasteiger partial charge on any atom is -0.306 e. The number of hydrogen-bond donors (Lipinski definition) is 1. The third-order valence-electron chi connectivity index (χ3n) is 2.71. The SMILES string of the molecule is CC(NCc1ccccc1Cl)c1cc(Cl)sc1Cl. The highest BCUT2D eigenvalue weighted by molar-refractivity contribution is 7.20. The standard InChI is InChI=1S/C13H12Cl3NS/c1-8(10-6-12(15)18-13(10)16)17-7-9-4-2-3-5-11(9)14/h2-6,8,17H,7H2,1H3. The van der Waals surface area contributed by atoms with E-state index >= 15 is 0 Å². The molecule has 1 aromatic carbocycles. The summed E-state index contributed by atoms with van der Waals surface area (Å²) in [6, 6.07) is 9.82. The van der Waals surface area contributed by atoms with Gasteiger partial charge in [-0.2, -0.15) is 0 Å². The zero-order valence-corrected chi connectivity index (χ0v) is 12.8. The molecule has 96 valence electrons. The molecule has 0 fully saturated rings. The van der Waals surface area contributed by atoms with E-state index < -0.39 is 0 Å². The predicted octanol–water partition coefficient (Wildman–Crippen LogP) is 5.56. The summed E-state index contributed by atoms with van der Waals surface area (Å²) in [6.45, 7) is 2.76. The lowest BCUT2D eigenvalue weighted by atomic mass is 10.1. The van der Waals surface area contributed by atoms with Crippen molar-refractivity contribution in [3.8, 4) is 0 Å². The predicted molar refractivity (Wildman–Crippen MR) is 81.0 cm³/mol. The van der Waals surface area contributed by atoms with Gasteiger partial charge in [0.05, 0.1) is 8.67 Å². The zero-order chi connectivity index (χ0) is 13.1. The van der Waals surface area contributed by atoms with E-state index in [0.717, 1.165) is 20.5 Å². The van der Waals surface area contributed by atoms with E-state index in [9.17, 15) is 0 Å². The quantitative estimate of drug-likeness (QED) is 0.777. The van der Waals surface area contributed by atoms with Gasteiger partial charge in [-0.25, -0.2) is 0 Å². The van der Waals surface area contributed by atoms with Crippen LogP contribution in [0.5, 0.6) is 0 Å². The van der Waals surface area contributed by atoms with E-state index in [0.29, 0.717) is 10.9 Å². The van der Waals surface area contributed by atoms with Crippen LogP contribution in [0.3, 0.4) is 0 Å². The highest BCUT2D eigenvalue weighted by atomic mass is 35.5. The van der Waals surface area contributed by atoms with E-state index in [1.54, 1.807) is 0 Å². The first kappa shape index (κ1) is 14.2. The first-order chi connectivity index (χ1) is 8.58.